The minimum absolute atomic E-state index is 0.116. The van der Waals surface area contributed by atoms with Gasteiger partial charge in [-0.15, -0.1) is 0 Å². The summed E-state index contributed by atoms with van der Waals surface area (Å²) in [7, 11) is 0. The van der Waals surface area contributed by atoms with E-state index in [9.17, 15) is 15.0 Å². The number of hydrogen-bond acceptors (Lipinski definition) is 4. The molecule has 0 rings (SSSR count). The van der Waals surface area contributed by atoms with Crippen molar-refractivity contribution in [1.29, 1.82) is 0 Å². The molecule has 0 aromatic heterocycles. The second-order valence-corrected chi connectivity index (χ2v) is 5.86. The second kappa shape index (κ2) is 18.6. The van der Waals surface area contributed by atoms with E-state index in [0.29, 0.717) is 25.7 Å². The van der Waals surface area contributed by atoms with E-state index in [2.05, 4.69) is 0 Å². The van der Waals surface area contributed by atoms with Gasteiger partial charge >= 0.3 is 5.97 Å². The summed E-state index contributed by atoms with van der Waals surface area (Å²) in [4.78, 5) is 10.3. The van der Waals surface area contributed by atoms with Gasteiger partial charge in [0.05, 0.1) is 12.2 Å². The Morgan fingerprint density at radius 3 is 1.81 bits per heavy atom. The van der Waals surface area contributed by atoms with Crippen LogP contribution < -0.4 is 0 Å². The third kappa shape index (κ3) is 20.0. The van der Waals surface area contributed by atoms with Crippen LogP contribution in [0.4, 0.5) is 0 Å². The molecule has 2 atom stereocenters. The number of aliphatic hydroxyl groups excluding tert-OH is 3. The number of allylic oxidation sites excluding steroid dienone is 7. The standard InChI is InChI=1S/C22H32O5/c23-19-13-7-11-17-21(25)16-10-6-5-9-15-20(24)14-8-3-1-2-4-12-18-22(26)27/h2-11,15-16,20-21,23-25H,1,12-14,17-19H2,(H,26,27)/b4-2-,6-5+,8-3-,11-7-,15-9+,16-10-/t20-,21-/m1/s1. The third-order valence-corrected chi connectivity index (χ3v) is 3.35. The maximum Gasteiger partial charge on any atom is 0.303 e. The van der Waals surface area contributed by atoms with Crippen LogP contribution >= 0.6 is 0 Å². The van der Waals surface area contributed by atoms with E-state index in [0.717, 1.165) is 6.42 Å². The number of carboxylic acid groups (broad SMARTS) is 1. The molecule has 0 aliphatic rings. The van der Waals surface area contributed by atoms with Gasteiger partial charge in [-0.1, -0.05) is 72.9 Å². The summed E-state index contributed by atoms with van der Waals surface area (Å²) in [6.07, 6.45) is 23.6. The fraction of sp³-hybridized carbons (Fsp3) is 0.409. The molecule has 0 aromatic rings. The molecule has 0 amide bonds. The molecule has 0 heterocycles. The molecule has 0 saturated heterocycles. The molecule has 0 aliphatic heterocycles. The Bertz CT molecular complexity index is 541. The Labute approximate surface area is 162 Å². The first-order valence-electron chi connectivity index (χ1n) is 9.21. The summed E-state index contributed by atoms with van der Waals surface area (Å²) in [5.74, 6) is -0.794. The van der Waals surface area contributed by atoms with Gasteiger partial charge in [-0.25, -0.2) is 0 Å². The lowest BCUT2D eigenvalue weighted by atomic mass is 10.2. The lowest BCUT2D eigenvalue weighted by Crippen LogP contribution is -1.99. The molecule has 4 N–H and O–H groups in total. The highest BCUT2D eigenvalue weighted by Crippen LogP contribution is 2.00. The molecule has 0 saturated carbocycles. The normalized spacial score (nSPS) is 15.4. The number of carbonyl (C=O) groups is 1. The summed E-state index contributed by atoms with van der Waals surface area (Å²) in [6, 6.07) is 0. The van der Waals surface area contributed by atoms with Gasteiger partial charge in [-0.2, -0.15) is 0 Å². The Morgan fingerprint density at radius 1 is 0.741 bits per heavy atom. The van der Waals surface area contributed by atoms with Crippen LogP contribution in [0.1, 0.15) is 38.5 Å². The molecule has 0 radical (unpaired) electrons. The van der Waals surface area contributed by atoms with E-state index in [1.54, 1.807) is 36.5 Å². The molecule has 5 nitrogen and oxygen atoms in total. The molecule has 27 heavy (non-hydrogen) atoms. The summed E-state index contributed by atoms with van der Waals surface area (Å²) >= 11 is 0. The Balaban J connectivity index is 3.88. The van der Waals surface area contributed by atoms with Gasteiger partial charge in [-0.05, 0) is 32.1 Å². The molecule has 0 unspecified atom stereocenters. The van der Waals surface area contributed by atoms with Gasteiger partial charge in [0, 0.05) is 13.0 Å². The maximum atomic E-state index is 10.3. The monoisotopic (exact) mass is 376 g/mol. The van der Waals surface area contributed by atoms with Crippen LogP contribution in [-0.4, -0.2) is 45.2 Å². The molecular formula is C22H32O5. The highest BCUT2D eigenvalue weighted by molar-refractivity contribution is 5.66. The summed E-state index contributed by atoms with van der Waals surface area (Å²) in [5.41, 5.74) is 0. The molecule has 0 fully saturated rings. The lowest BCUT2D eigenvalue weighted by molar-refractivity contribution is -0.136. The Kier molecular flexibility index (Phi) is 17.1. The predicted molar refractivity (Wildman–Crippen MR) is 109 cm³/mol. The Hall–Kier alpha value is -2.21. The fourth-order valence-electron chi connectivity index (χ4n) is 1.93. The van der Waals surface area contributed by atoms with Crippen LogP contribution in [0.2, 0.25) is 0 Å². The molecule has 0 aromatic carbocycles. The molecule has 0 bridgehead atoms. The zero-order valence-electron chi connectivity index (χ0n) is 15.7. The number of carboxylic acids is 1. The first kappa shape index (κ1) is 24.8. The molecular weight excluding hydrogens is 344 g/mol. The molecule has 0 aliphatic carbocycles. The summed E-state index contributed by atoms with van der Waals surface area (Å²) < 4.78 is 0. The maximum absolute atomic E-state index is 10.3. The molecule has 5 heteroatoms. The summed E-state index contributed by atoms with van der Waals surface area (Å²) in [6.45, 7) is 0.116. The quantitative estimate of drug-likeness (QED) is 0.259. The van der Waals surface area contributed by atoms with Gasteiger partial charge in [-0.3, -0.25) is 4.79 Å². The van der Waals surface area contributed by atoms with Gasteiger partial charge in [0.1, 0.15) is 0 Å². The molecule has 0 spiro atoms. The smallest absolute Gasteiger partial charge is 0.303 e. The van der Waals surface area contributed by atoms with E-state index in [-0.39, 0.29) is 13.0 Å². The number of hydrogen-bond donors (Lipinski definition) is 4. The zero-order chi connectivity index (χ0) is 20.2. The number of aliphatic hydroxyl groups is 3. The van der Waals surface area contributed by atoms with E-state index in [1.807, 2.05) is 36.5 Å². The molecule has 150 valence electrons. The van der Waals surface area contributed by atoms with Crippen molar-refractivity contribution >= 4 is 5.97 Å². The van der Waals surface area contributed by atoms with E-state index in [1.165, 1.54) is 0 Å². The van der Waals surface area contributed by atoms with Crippen molar-refractivity contribution in [2.45, 2.75) is 50.7 Å². The van der Waals surface area contributed by atoms with Crippen LogP contribution in [0.3, 0.4) is 0 Å². The minimum Gasteiger partial charge on any atom is -0.481 e. The Morgan fingerprint density at radius 2 is 1.26 bits per heavy atom. The van der Waals surface area contributed by atoms with Crippen LogP contribution in [0.5, 0.6) is 0 Å². The lowest BCUT2D eigenvalue weighted by Gasteiger charge is -1.99. The average Bonchev–Trinajstić information content (AvgIpc) is 2.63. The minimum atomic E-state index is -0.794. The van der Waals surface area contributed by atoms with Crippen molar-refractivity contribution in [3.8, 4) is 0 Å². The van der Waals surface area contributed by atoms with Crippen molar-refractivity contribution in [2.75, 3.05) is 6.61 Å². The van der Waals surface area contributed by atoms with Crippen LogP contribution in [-0.2, 0) is 4.79 Å². The van der Waals surface area contributed by atoms with Crippen LogP contribution in [0.15, 0.2) is 72.9 Å². The fourth-order valence-corrected chi connectivity index (χ4v) is 1.93. The topological polar surface area (TPSA) is 98.0 Å². The highest BCUT2D eigenvalue weighted by Gasteiger charge is 1.94. The van der Waals surface area contributed by atoms with Gasteiger partial charge < -0.3 is 20.4 Å². The van der Waals surface area contributed by atoms with Crippen molar-refractivity contribution in [1.82, 2.24) is 0 Å². The summed E-state index contributed by atoms with van der Waals surface area (Å²) in [5, 5.41) is 36.6. The first-order chi connectivity index (χ1) is 13.1. The third-order valence-electron chi connectivity index (χ3n) is 3.35. The van der Waals surface area contributed by atoms with Gasteiger partial charge in [0.15, 0.2) is 0 Å². The largest absolute Gasteiger partial charge is 0.481 e. The van der Waals surface area contributed by atoms with E-state index >= 15 is 0 Å². The van der Waals surface area contributed by atoms with Gasteiger partial charge in [0.25, 0.3) is 0 Å². The zero-order valence-corrected chi connectivity index (χ0v) is 15.7. The van der Waals surface area contributed by atoms with Crippen molar-refractivity contribution in [3.63, 3.8) is 0 Å². The van der Waals surface area contributed by atoms with Crippen molar-refractivity contribution < 1.29 is 25.2 Å². The highest BCUT2D eigenvalue weighted by atomic mass is 16.4. The number of rotatable bonds is 15. The average molecular weight is 376 g/mol. The van der Waals surface area contributed by atoms with Crippen LogP contribution in [0.25, 0.3) is 0 Å². The van der Waals surface area contributed by atoms with Crippen molar-refractivity contribution in [2.24, 2.45) is 0 Å². The predicted octanol–water partition coefficient (Wildman–Crippen LogP) is 3.46. The van der Waals surface area contributed by atoms with Gasteiger partial charge in [0.2, 0.25) is 0 Å². The van der Waals surface area contributed by atoms with Crippen molar-refractivity contribution in [3.05, 3.63) is 72.9 Å². The second-order valence-electron chi connectivity index (χ2n) is 5.86. The SMILES string of the molecule is O=C(O)CC/C=C\C/C=C\C[C@@H](O)/C=C/C=C/C=C\[C@@H](O)C/C=C\CCO. The van der Waals surface area contributed by atoms with E-state index in [4.69, 9.17) is 10.2 Å². The van der Waals surface area contributed by atoms with E-state index < -0.39 is 18.2 Å². The number of aliphatic carboxylic acids is 1. The first-order valence-corrected chi connectivity index (χ1v) is 9.21. The van der Waals surface area contributed by atoms with Crippen LogP contribution in [0, 0.1) is 0 Å².